The average molecular weight is 394 g/mol. The van der Waals surface area contributed by atoms with Gasteiger partial charge in [0.15, 0.2) is 0 Å². The summed E-state index contributed by atoms with van der Waals surface area (Å²) in [5, 5.41) is 0. The van der Waals surface area contributed by atoms with Gasteiger partial charge in [-0.1, -0.05) is 48.5 Å². The van der Waals surface area contributed by atoms with Crippen LogP contribution in [-0.4, -0.2) is 0 Å². The van der Waals surface area contributed by atoms with E-state index in [2.05, 4.69) is 24.3 Å². The Morgan fingerprint density at radius 3 is 1.37 bits per heavy atom. The van der Waals surface area contributed by atoms with Gasteiger partial charge in [-0.2, -0.15) is 0 Å². The Bertz CT molecular complexity index is 1090. The van der Waals surface area contributed by atoms with Crippen LogP contribution in [0.5, 0.6) is 11.5 Å². The summed E-state index contributed by atoms with van der Waals surface area (Å²) in [5.41, 5.74) is 17.4. The monoisotopic (exact) mass is 394 g/mol. The van der Waals surface area contributed by atoms with Gasteiger partial charge in [-0.15, -0.1) is 0 Å². The maximum absolute atomic E-state index is 6.68. The average Bonchev–Trinajstić information content (AvgIpc) is 2.77. The number of benzene rings is 4. The molecule has 0 spiro atoms. The van der Waals surface area contributed by atoms with Gasteiger partial charge in [0.25, 0.3) is 0 Å². The molecule has 0 saturated heterocycles. The Hall–Kier alpha value is -3.92. The van der Waals surface area contributed by atoms with Crippen LogP contribution in [0.15, 0.2) is 97.1 Å². The predicted octanol–water partition coefficient (Wildman–Crippen LogP) is 5.11. The summed E-state index contributed by atoms with van der Waals surface area (Å²) in [4.78, 5) is 0. The van der Waals surface area contributed by atoms with Crippen LogP contribution < -0.4 is 20.9 Å². The number of rotatable bonds is 4. The summed E-state index contributed by atoms with van der Waals surface area (Å²) >= 11 is 0. The van der Waals surface area contributed by atoms with Crippen LogP contribution in [0.4, 0.5) is 11.4 Å². The molecule has 0 heterocycles. The molecule has 4 N–H and O–H groups in total. The van der Waals surface area contributed by atoms with Crippen molar-refractivity contribution in [1.82, 2.24) is 0 Å². The fourth-order valence-electron chi connectivity index (χ4n) is 3.99. The van der Waals surface area contributed by atoms with E-state index in [0.717, 1.165) is 17.5 Å². The van der Waals surface area contributed by atoms with Gasteiger partial charge in [0.1, 0.15) is 11.5 Å². The van der Waals surface area contributed by atoms with Gasteiger partial charge in [-0.3, -0.25) is 0 Å². The molecule has 0 amide bonds. The molecule has 30 heavy (non-hydrogen) atoms. The zero-order valence-corrected chi connectivity index (χ0v) is 16.4. The summed E-state index contributed by atoms with van der Waals surface area (Å²) in [6.45, 7) is 0. The zero-order chi connectivity index (χ0) is 20.6. The van der Waals surface area contributed by atoms with Crippen molar-refractivity contribution < 1.29 is 9.47 Å². The molecule has 0 fully saturated rings. The molecular formula is C26H22N2O2. The fraction of sp³-hybridized carbons (Fsp3) is 0.0769. The molecule has 148 valence electrons. The van der Waals surface area contributed by atoms with E-state index in [1.807, 2.05) is 72.8 Å². The molecule has 0 saturated carbocycles. The number of nitrogens with two attached hydrogens (primary N) is 2. The van der Waals surface area contributed by atoms with Crippen molar-refractivity contribution in [2.75, 3.05) is 11.5 Å². The van der Waals surface area contributed by atoms with Gasteiger partial charge in [-0.05, 0) is 66.1 Å². The van der Waals surface area contributed by atoms with Crippen molar-refractivity contribution in [2.45, 2.75) is 12.2 Å². The number of hydrogen-bond acceptors (Lipinski definition) is 4. The zero-order valence-electron chi connectivity index (χ0n) is 16.4. The molecule has 4 aromatic carbocycles. The second-order valence-corrected chi connectivity index (χ2v) is 7.45. The number of fused-ring (bicyclic) bond motifs is 2. The number of ether oxygens (including phenoxy) is 2. The summed E-state index contributed by atoms with van der Waals surface area (Å²) in [7, 11) is 0. The summed E-state index contributed by atoms with van der Waals surface area (Å²) in [6, 6.07) is 31.3. The van der Waals surface area contributed by atoms with E-state index in [0.29, 0.717) is 22.9 Å². The van der Waals surface area contributed by atoms with Gasteiger partial charge >= 0.3 is 5.79 Å². The Morgan fingerprint density at radius 2 is 0.933 bits per heavy atom. The van der Waals surface area contributed by atoms with Crippen molar-refractivity contribution in [3.63, 3.8) is 0 Å². The van der Waals surface area contributed by atoms with Crippen LogP contribution in [0.25, 0.3) is 0 Å². The van der Waals surface area contributed by atoms with E-state index >= 15 is 0 Å². The Balaban J connectivity index is 1.73. The van der Waals surface area contributed by atoms with Gasteiger partial charge in [-0.25, -0.2) is 0 Å². The van der Waals surface area contributed by atoms with Crippen LogP contribution in [0.3, 0.4) is 0 Å². The van der Waals surface area contributed by atoms with E-state index in [9.17, 15) is 0 Å². The third kappa shape index (κ3) is 3.12. The number of nitrogen functional groups attached to an aromatic ring is 2. The van der Waals surface area contributed by atoms with E-state index in [1.54, 1.807) is 0 Å². The molecule has 1 aliphatic rings. The second-order valence-electron chi connectivity index (χ2n) is 7.45. The minimum Gasteiger partial charge on any atom is -0.444 e. The third-order valence-electron chi connectivity index (χ3n) is 5.41. The third-order valence-corrected chi connectivity index (χ3v) is 5.41. The van der Waals surface area contributed by atoms with Crippen molar-refractivity contribution >= 4 is 11.4 Å². The molecule has 0 radical (unpaired) electrons. The summed E-state index contributed by atoms with van der Waals surface area (Å²) in [6.07, 6.45) is 0.824. The highest BCUT2D eigenvalue weighted by atomic mass is 16.7. The molecule has 0 aliphatic heterocycles. The molecule has 0 bridgehead atoms. The first-order chi connectivity index (χ1) is 14.6. The van der Waals surface area contributed by atoms with E-state index in [-0.39, 0.29) is 0 Å². The minimum atomic E-state index is -1.14. The van der Waals surface area contributed by atoms with Crippen molar-refractivity contribution in [3.8, 4) is 11.5 Å². The topological polar surface area (TPSA) is 70.5 Å². The lowest BCUT2D eigenvalue weighted by Gasteiger charge is -2.40. The minimum absolute atomic E-state index is 0.672. The van der Waals surface area contributed by atoms with Crippen molar-refractivity contribution in [1.29, 1.82) is 0 Å². The van der Waals surface area contributed by atoms with Gasteiger partial charge in [0.2, 0.25) is 0 Å². The van der Waals surface area contributed by atoms with Crippen molar-refractivity contribution in [3.05, 3.63) is 119 Å². The number of hydrogen-bond donors (Lipinski definition) is 2. The summed E-state index contributed by atoms with van der Waals surface area (Å²) < 4.78 is 13.4. The van der Waals surface area contributed by atoms with E-state index in [4.69, 9.17) is 20.9 Å². The van der Waals surface area contributed by atoms with Gasteiger partial charge in [0.05, 0.1) is 0 Å². The SMILES string of the molecule is Nc1ccc(OC2(Oc3ccc(N)cc3)c3ccccc3Cc3ccccc32)cc1. The normalized spacial score (nSPS) is 13.7. The molecule has 0 unspecified atom stereocenters. The smallest absolute Gasteiger partial charge is 0.305 e. The highest BCUT2D eigenvalue weighted by Crippen LogP contribution is 2.44. The van der Waals surface area contributed by atoms with Crippen LogP contribution in [0.1, 0.15) is 22.3 Å². The second kappa shape index (κ2) is 7.16. The predicted molar refractivity (Wildman–Crippen MR) is 119 cm³/mol. The maximum atomic E-state index is 6.68. The molecule has 4 nitrogen and oxygen atoms in total. The first-order valence-corrected chi connectivity index (χ1v) is 9.90. The first kappa shape index (κ1) is 18.1. The van der Waals surface area contributed by atoms with Crippen LogP contribution in [0, 0.1) is 0 Å². The van der Waals surface area contributed by atoms with Crippen LogP contribution >= 0.6 is 0 Å². The molecule has 4 heteroatoms. The number of anilines is 2. The summed E-state index contributed by atoms with van der Waals surface area (Å²) in [5.74, 6) is 0.204. The standard InChI is InChI=1S/C26H22N2O2/c27-20-9-13-22(14-10-20)29-26(30-23-15-11-21(28)12-16-23)24-7-3-1-5-18(24)17-19-6-2-4-8-25(19)26/h1-16H,17,27-28H2. The molecular weight excluding hydrogens is 372 g/mol. The largest absolute Gasteiger partial charge is 0.444 e. The van der Waals surface area contributed by atoms with Gasteiger partial charge in [0, 0.05) is 22.5 Å². The van der Waals surface area contributed by atoms with Crippen LogP contribution in [-0.2, 0) is 12.2 Å². The fourth-order valence-corrected chi connectivity index (χ4v) is 3.99. The lowest BCUT2D eigenvalue weighted by atomic mass is 9.81. The van der Waals surface area contributed by atoms with E-state index < -0.39 is 5.79 Å². The van der Waals surface area contributed by atoms with E-state index in [1.165, 1.54) is 11.1 Å². The lowest BCUT2D eigenvalue weighted by molar-refractivity contribution is -0.0871. The highest BCUT2D eigenvalue weighted by molar-refractivity contribution is 5.53. The Labute approximate surface area is 175 Å². The molecule has 5 rings (SSSR count). The Morgan fingerprint density at radius 1 is 0.533 bits per heavy atom. The quantitative estimate of drug-likeness (QED) is 0.373. The van der Waals surface area contributed by atoms with Gasteiger partial charge < -0.3 is 20.9 Å². The molecule has 0 atom stereocenters. The lowest BCUT2D eigenvalue weighted by Crippen LogP contribution is -2.44. The van der Waals surface area contributed by atoms with Crippen LogP contribution in [0.2, 0.25) is 0 Å². The molecule has 1 aliphatic carbocycles. The maximum Gasteiger partial charge on any atom is 0.305 e. The molecule has 0 aromatic heterocycles. The Kier molecular flexibility index (Phi) is 4.32. The first-order valence-electron chi connectivity index (χ1n) is 9.90. The van der Waals surface area contributed by atoms with Crippen molar-refractivity contribution in [2.24, 2.45) is 0 Å². The molecule has 4 aromatic rings. The highest BCUT2D eigenvalue weighted by Gasteiger charge is 2.45.